The lowest BCUT2D eigenvalue weighted by Crippen LogP contribution is -2.19. The largest absolute Gasteiger partial charge is 0.383 e. The standard InChI is InChI=1S/C10H19NO2/c1-12-9-7-11-6-2-4-10-5-3-8-13-10/h2,4,10-11H,3,5-9H2,1H3/b4-2+. The summed E-state index contributed by atoms with van der Waals surface area (Å²) in [5.41, 5.74) is 0. The van der Waals surface area contributed by atoms with Crippen molar-refractivity contribution in [3.8, 4) is 0 Å². The second kappa shape index (κ2) is 7.06. The molecule has 13 heavy (non-hydrogen) atoms. The van der Waals surface area contributed by atoms with Crippen LogP contribution in [0.2, 0.25) is 0 Å². The van der Waals surface area contributed by atoms with Crippen molar-refractivity contribution >= 4 is 0 Å². The highest BCUT2D eigenvalue weighted by Crippen LogP contribution is 2.12. The summed E-state index contributed by atoms with van der Waals surface area (Å²) in [6.07, 6.45) is 7.02. The van der Waals surface area contributed by atoms with Crippen LogP contribution in [0.1, 0.15) is 12.8 Å². The number of rotatable bonds is 6. The predicted molar refractivity (Wildman–Crippen MR) is 52.9 cm³/mol. The number of hydrogen-bond acceptors (Lipinski definition) is 3. The summed E-state index contributed by atoms with van der Waals surface area (Å²) >= 11 is 0. The summed E-state index contributed by atoms with van der Waals surface area (Å²) in [6.45, 7) is 3.51. The van der Waals surface area contributed by atoms with Gasteiger partial charge in [-0.2, -0.15) is 0 Å². The summed E-state index contributed by atoms with van der Waals surface area (Å²) in [5, 5.41) is 3.24. The molecule has 1 rings (SSSR count). The fourth-order valence-corrected chi connectivity index (χ4v) is 1.33. The smallest absolute Gasteiger partial charge is 0.0757 e. The van der Waals surface area contributed by atoms with Crippen LogP contribution in [-0.2, 0) is 9.47 Å². The molecule has 76 valence electrons. The number of hydrogen-bond donors (Lipinski definition) is 1. The van der Waals surface area contributed by atoms with Crippen LogP contribution in [-0.4, -0.2) is 39.5 Å². The topological polar surface area (TPSA) is 30.5 Å². The van der Waals surface area contributed by atoms with Gasteiger partial charge in [0.2, 0.25) is 0 Å². The van der Waals surface area contributed by atoms with Gasteiger partial charge in [0.05, 0.1) is 12.7 Å². The molecule has 0 aromatic heterocycles. The van der Waals surface area contributed by atoms with Crippen LogP contribution in [0.3, 0.4) is 0 Å². The molecule has 0 aliphatic carbocycles. The van der Waals surface area contributed by atoms with E-state index in [2.05, 4.69) is 17.5 Å². The Hall–Kier alpha value is -0.380. The predicted octanol–water partition coefficient (Wildman–Crippen LogP) is 0.958. The van der Waals surface area contributed by atoms with E-state index in [-0.39, 0.29) is 0 Å². The van der Waals surface area contributed by atoms with Crippen molar-refractivity contribution in [2.24, 2.45) is 0 Å². The van der Waals surface area contributed by atoms with Gasteiger partial charge in [-0.15, -0.1) is 0 Å². The van der Waals surface area contributed by atoms with Crippen molar-refractivity contribution in [1.82, 2.24) is 5.32 Å². The third kappa shape index (κ3) is 5.03. The van der Waals surface area contributed by atoms with Crippen molar-refractivity contribution in [1.29, 1.82) is 0 Å². The van der Waals surface area contributed by atoms with E-state index < -0.39 is 0 Å². The lowest BCUT2D eigenvalue weighted by molar-refractivity contribution is 0.145. The van der Waals surface area contributed by atoms with Crippen LogP contribution in [0, 0.1) is 0 Å². The second-order valence-electron chi connectivity index (χ2n) is 3.18. The Kier molecular flexibility index (Phi) is 5.81. The molecule has 0 radical (unpaired) electrons. The molecular weight excluding hydrogens is 166 g/mol. The number of methoxy groups -OCH3 is 1. The maximum atomic E-state index is 5.44. The minimum atomic E-state index is 0.365. The number of nitrogens with one attached hydrogen (secondary N) is 1. The molecule has 0 spiro atoms. The van der Waals surface area contributed by atoms with E-state index in [1.807, 2.05) is 0 Å². The van der Waals surface area contributed by atoms with Gasteiger partial charge < -0.3 is 14.8 Å². The summed E-state index contributed by atoms with van der Waals surface area (Å²) in [4.78, 5) is 0. The van der Waals surface area contributed by atoms with Crippen molar-refractivity contribution in [2.75, 3.05) is 33.4 Å². The van der Waals surface area contributed by atoms with Gasteiger partial charge in [0.1, 0.15) is 0 Å². The van der Waals surface area contributed by atoms with Crippen molar-refractivity contribution < 1.29 is 9.47 Å². The molecule has 1 saturated heterocycles. The van der Waals surface area contributed by atoms with E-state index in [0.29, 0.717) is 6.10 Å². The molecule has 0 aromatic carbocycles. The zero-order valence-corrected chi connectivity index (χ0v) is 8.29. The molecule has 0 amide bonds. The first-order valence-electron chi connectivity index (χ1n) is 4.91. The highest BCUT2D eigenvalue weighted by atomic mass is 16.5. The van der Waals surface area contributed by atoms with E-state index in [1.54, 1.807) is 7.11 Å². The number of ether oxygens (including phenoxy) is 2. The maximum Gasteiger partial charge on any atom is 0.0757 e. The molecule has 0 aromatic rings. The monoisotopic (exact) mass is 185 g/mol. The lowest BCUT2D eigenvalue weighted by Gasteiger charge is -2.02. The average molecular weight is 185 g/mol. The second-order valence-corrected chi connectivity index (χ2v) is 3.18. The Balaban J connectivity index is 1.91. The van der Waals surface area contributed by atoms with Crippen LogP contribution in [0.25, 0.3) is 0 Å². The Morgan fingerprint density at radius 3 is 3.23 bits per heavy atom. The van der Waals surface area contributed by atoms with Crippen LogP contribution < -0.4 is 5.32 Å². The minimum absolute atomic E-state index is 0.365. The molecule has 0 saturated carbocycles. The van der Waals surface area contributed by atoms with E-state index in [1.165, 1.54) is 12.8 Å². The summed E-state index contributed by atoms with van der Waals surface area (Å²) in [6, 6.07) is 0. The summed E-state index contributed by atoms with van der Waals surface area (Å²) < 4.78 is 10.4. The molecule has 1 unspecified atom stereocenters. The first kappa shape index (κ1) is 10.7. The first-order valence-corrected chi connectivity index (χ1v) is 4.91. The third-order valence-corrected chi connectivity index (χ3v) is 2.06. The zero-order chi connectivity index (χ0) is 9.36. The fourth-order valence-electron chi connectivity index (χ4n) is 1.33. The average Bonchev–Trinajstić information content (AvgIpc) is 2.63. The van der Waals surface area contributed by atoms with Crippen molar-refractivity contribution in [2.45, 2.75) is 18.9 Å². The van der Waals surface area contributed by atoms with Gasteiger partial charge >= 0.3 is 0 Å². The van der Waals surface area contributed by atoms with Gasteiger partial charge in [-0.3, -0.25) is 0 Å². The highest BCUT2D eigenvalue weighted by molar-refractivity contribution is 4.92. The van der Waals surface area contributed by atoms with Gasteiger partial charge in [0.15, 0.2) is 0 Å². The molecule has 1 heterocycles. The quantitative estimate of drug-likeness (QED) is 0.494. The van der Waals surface area contributed by atoms with E-state index >= 15 is 0 Å². The van der Waals surface area contributed by atoms with E-state index in [9.17, 15) is 0 Å². The maximum absolute atomic E-state index is 5.44. The molecule has 0 bridgehead atoms. The molecular formula is C10H19NO2. The van der Waals surface area contributed by atoms with E-state index in [0.717, 1.165) is 26.3 Å². The van der Waals surface area contributed by atoms with Gasteiger partial charge in [-0.25, -0.2) is 0 Å². The molecule has 1 atom stereocenters. The Morgan fingerprint density at radius 1 is 1.62 bits per heavy atom. The molecule has 1 aliphatic heterocycles. The van der Waals surface area contributed by atoms with Crippen LogP contribution >= 0.6 is 0 Å². The van der Waals surface area contributed by atoms with Crippen LogP contribution in [0.15, 0.2) is 12.2 Å². The lowest BCUT2D eigenvalue weighted by atomic mass is 10.2. The fraction of sp³-hybridized carbons (Fsp3) is 0.800. The van der Waals surface area contributed by atoms with Crippen molar-refractivity contribution in [3.05, 3.63) is 12.2 Å². The Morgan fingerprint density at radius 2 is 2.54 bits per heavy atom. The normalized spacial score (nSPS) is 23.0. The van der Waals surface area contributed by atoms with Crippen molar-refractivity contribution in [3.63, 3.8) is 0 Å². The van der Waals surface area contributed by atoms with Gasteiger partial charge in [-0.05, 0) is 12.8 Å². The Labute approximate surface area is 80.1 Å². The molecule has 1 N–H and O–H groups in total. The Bertz CT molecular complexity index is 142. The summed E-state index contributed by atoms with van der Waals surface area (Å²) in [7, 11) is 1.71. The SMILES string of the molecule is COCCNC/C=C/C1CCCO1. The zero-order valence-electron chi connectivity index (χ0n) is 8.29. The third-order valence-electron chi connectivity index (χ3n) is 2.06. The van der Waals surface area contributed by atoms with Crippen LogP contribution in [0.5, 0.6) is 0 Å². The highest BCUT2D eigenvalue weighted by Gasteiger charge is 2.10. The minimum Gasteiger partial charge on any atom is -0.383 e. The van der Waals surface area contributed by atoms with Gasteiger partial charge in [0, 0.05) is 26.8 Å². The van der Waals surface area contributed by atoms with E-state index in [4.69, 9.17) is 9.47 Å². The van der Waals surface area contributed by atoms with Gasteiger partial charge in [0.25, 0.3) is 0 Å². The molecule has 1 fully saturated rings. The van der Waals surface area contributed by atoms with Crippen LogP contribution in [0.4, 0.5) is 0 Å². The van der Waals surface area contributed by atoms with Gasteiger partial charge in [-0.1, -0.05) is 12.2 Å². The molecule has 3 nitrogen and oxygen atoms in total. The molecule has 3 heteroatoms. The summed E-state index contributed by atoms with van der Waals surface area (Å²) in [5.74, 6) is 0. The molecule has 1 aliphatic rings. The first-order chi connectivity index (χ1) is 6.43.